The minimum absolute atomic E-state index is 0.0911. The standard InChI is InChI=1S/C9H11N5O4/c1-17-3-2-6-8(9(15)16)12-13-14(6)4-7-10-5-11-18-7/h5H,2-4H2,1H3,(H,15,16). The van der Waals surface area contributed by atoms with Gasteiger partial charge in [0, 0.05) is 13.5 Å². The molecule has 18 heavy (non-hydrogen) atoms. The Morgan fingerprint density at radius 3 is 3.06 bits per heavy atom. The van der Waals surface area contributed by atoms with E-state index in [0.29, 0.717) is 24.6 Å². The largest absolute Gasteiger partial charge is 0.476 e. The molecule has 2 heterocycles. The highest BCUT2D eigenvalue weighted by atomic mass is 16.5. The first-order valence-corrected chi connectivity index (χ1v) is 5.12. The first-order valence-electron chi connectivity index (χ1n) is 5.12. The summed E-state index contributed by atoms with van der Waals surface area (Å²) in [6, 6.07) is 0. The first-order chi connectivity index (χ1) is 8.72. The molecule has 0 saturated carbocycles. The van der Waals surface area contributed by atoms with Gasteiger partial charge in [0.1, 0.15) is 6.54 Å². The van der Waals surface area contributed by atoms with E-state index in [0.717, 1.165) is 0 Å². The third-order valence-corrected chi connectivity index (χ3v) is 2.28. The van der Waals surface area contributed by atoms with E-state index in [4.69, 9.17) is 14.4 Å². The molecule has 0 aliphatic heterocycles. The summed E-state index contributed by atoms with van der Waals surface area (Å²) in [6.45, 7) is 0.552. The maximum atomic E-state index is 11.0. The van der Waals surface area contributed by atoms with Crippen LogP contribution in [0.5, 0.6) is 0 Å². The molecule has 0 radical (unpaired) electrons. The molecule has 9 heteroatoms. The van der Waals surface area contributed by atoms with Crippen molar-refractivity contribution in [2.24, 2.45) is 0 Å². The molecule has 0 spiro atoms. The third-order valence-electron chi connectivity index (χ3n) is 2.28. The smallest absolute Gasteiger partial charge is 0.358 e. The minimum Gasteiger partial charge on any atom is -0.476 e. The molecule has 0 unspecified atom stereocenters. The van der Waals surface area contributed by atoms with Gasteiger partial charge in [0.25, 0.3) is 0 Å². The molecule has 0 saturated heterocycles. The molecule has 0 amide bonds. The van der Waals surface area contributed by atoms with Crippen molar-refractivity contribution < 1.29 is 19.2 Å². The lowest BCUT2D eigenvalue weighted by atomic mass is 10.2. The molecule has 0 atom stereocenters. The first kappa shape index (κ1) is 12.2. The van der Waals surface area contributed by atoms with E-state index in [-0.39, 0.29) is 12.2 Å². The van der Waals surface area contributed by atoms with E-state index >= 15 is 0 Å². The van der Waals surface area contributed by atoms with Gasteiger partial charge in [-0.1, -0.05) is 10.4 Å². The third kappa shape index (κ3) is 2.51. The molecule has 0 aliphatic carbocycles. The van der Waals surface area contributed by atoms with Crippen molar-refractivity contribution in [2.45, 2.75) is 13.0 Å². The molecule has 0 aliphatic rings. The average molecular weight is 253 g/mol. The molecule has 2 aromatic heterocycles. The maximum absolute atomic E-state index is 11.0. The van der Waals surface area contributed by atoms with Crippen molar-refractivity contribution in [3.05, 3.63) is 23.6 Å². The van der Waals surface area contributed by atoms with Crippen LogP contribution in [0.25, 0.3) is 0 Å². The maximum Gasteiger partial charge on any atom is 0.358 e. The summed E-state index contributed by atoms with van der Waals surface area (Å²) < 4.78 is 11.2. The van der Waals surface area contributed by atoms with Crippen molar-refractivity contribution in [3.8, 4) is 0 Å². The Balaban J connectivity index is 2.25. The number of hydrogen-bond acceptors (Lipinski definition) is 7. The zero-order valence-corrected chi connectivity index (χ0v) is 9.61. The lowest BCUT2D eigenvalue weighted by molar-refractivity contribution is 0.0688. The fourth-order valence-corrected chi connectivity index (χ4v) is 1.47. The number of aromatic nitrogens is 5. The quantitative estimate of drug-likeness (QED) is 0.738. The summed E-state index contributed by atoms with van der Waals surface area (Å²) in [6.07, 6.45) is 1.65. The second-order valence-corrected chi connectivity index (χ2v) is 3.43. The van der Waals surface area contributed by atoms with E-state index in [2.05, 4.69) is 20.5 Å². The number of ether oxygens (including phenoxy) is 1. The van der Waals surface area contributed by atoms with Crippen LogP contribution in [0, 0.1) is 0 Å². The van der Waals surface area contributed by atoms with Crippen LogP contribution in [-0.2, 0) is 17.7 Å². The molecule has 9 nitrogen and oxygen atoms in total. The van der Waals surface area contributed by atoms with Crippen molar-refractivity contribution in [1.29, 1.82) is 0 Å². The Bertz CT molecular complexity index is 521. The Morgan fingerprint density at radius 1 is 1.61 bits per heavy atom. The average Bonchev–Trinajstić information content (AvgIpc) is 2.96. The Hall–Kier alpha value is -2.29. The van der Waals surface area contributed by atoms with Crippen LogP contribution in [0.15, 0.2) is 10.9 Å². The number of carbonyl (C=O) groups is 1. The topological polar surface area (TPSA) is 116 Å². The number of carboxylic acid groups (broad SMARTS) is 1. The molecule has 1 N–H and O–H groups in total. The molecule has 0 bridgehead atoms. The van der Waals surface area contributed by atoms with Crippen LogP contribution in [0.2, 0.25) is 0 Å². The van der Waals surface area contributed by atoms with Gasteiger partial charge in [-0.05, 0) is 0 Å². The van der Waals surface area contributed by atoms with Gasteiger partial charge < -0.3 is 14.4 Å². The van der Waals surface area contributed by atoms with Crippen LogP contribution < -0.4 is 0 Å². The van der Waals surface area contributed by atoms with Gasteiger partial charge in [-0.15, -0.1) is 5.10 Å². The summed E-state index contributed by atoms with van der Waals surface area (Å²) in [5, 5.41) is 19.8. The van der Waals surface area contributed by atoms with Crippen molar-refractivity contribution in [3.63, 3.8) is 0 Å². The molecule has 2 aromatic rings. The predicted octanol–water partition coefficient (Wildman–Crippen LogP) is -0.403. The monoisotopic (exact) mass is 253 g/mol. The van der Waals surface area contributed by atoms with Gasteiger partial charge in [0.2, 0.25) is 5.89 Å². The summed E-state index contributed by atoms with van der Waals surface area (Å²) in [5.41, 5.74) is 0.370. The molecule has 2 rings (SSSR count). The fraction of sp³-hybridized carbons (Fsp3) is 0.444. The van der Waals surface area contributed by atoms with Crippen LogP contribution in [0.1, 0.15) is 22.1 Å². The molecule has 96 valence electrons. The second kappa shape index (κ2) is 5.36. The van der Waals surface area contributed by atoms with E-state index in [1.165, 1.54) is 18.1 Å². The molecule has 0 fully saturated rings. The van der Waals surface area contributed by atoms with Gasteiger partial charge in [0.15, 0.2) is 12.0 Å². The highest BCUT2D eigenvalue weighted by Crippen LogP contribution is 2.09. The summed E-state index contributed by atoms with van der Waals surface area (Å²) in [5.74, 6) is -0.798. The normalized spacial score (nSPS) is 10.7. The van der Waals surface area contributed by atoms with Crippen LogP contribution in [0.3, 0.4) is 0 Å². The van der Waals surface area contributed by atoms with Gasteiger partial charge in [-0.2, -0.15) is 4.98 Å². The lowest BCUT2D eigenvalue weighted by Crippen LogP contribution is -2.11. The summed E-state index contributed by atoms with van der Waals surface area (Å²) >= 11 is 0. The van der Waals surface area contributed by atoms with Crippen molar-refractivity contribution >= 4 is 5.97 Å². The van der Waals surface area contributed by atoms with Crippen molar-refractivity contribution in [1.82, 2.24) is 25.1 Å². The minimum atomic E-state index is -1.13. The predicted molar refractivity (Wildman–Crippen MR) is 56.0 cm³/mol. The molecular weight excluding hydrogens is 242 g/mol. The Morgan fingerprint density at radius 2 is 2.44 bits per heavy atom. The van der Waals surface area contributed by atoms with E-state index in [1.807, 2.05) is 0 Å². The van der Waals surface area contributed by atoms with Crippen LogP contribution in [0.4, 0.5) is 0 Å². The van der Waals surface area contributed by atoms with Gasteiger partial charge in [-0.25, -0.2) is 9.48 Å². The molecule has 0 aromatic carbocycles. The fourth-order valence-electron chi connectivity index (χ4n) is 1.47. The van der Waals surface area contributed by atoms with Gasteiger partial charge in [-0.3, -0.25) is 0 Å². The lowest BCUT2D eigenvalue weighted by Gasteiger charge is -2.03. The SMILES string of the molecule is COCCc1c(C(=O)O)nnn1Cc1ncno1. The van der Waals surface area contributed by atoms with E-state index in [1.54, 1.807) is 0 Å². The zero-order chi connectivity index (χ0) is 13.0. The Kier molecular flexibility index (Phi) is 3.63. The van der Waals surface area contributed by atoms with Crippen LogP contribution >= 0.6 is 0 Å². The zero-order valence-electron chi connectivity index (χ0n) is 9.61. The van der Waals surface area contributed by atoms with Crippen molar-refractivity contribution in [2.75, 3.05) is 13.7 Å². The highest BCUT2D eigenvalue weighted by Gasteiger charge is 2.19. The van der Waals surface area contributed by atoms with E-state index < -0.39 is 5.97 Å². The second-order valence-electron chi connectivity index (χ2n) is 3.43. The number of hydrogen-bond donors (Lipinski definition) is 1. The number of nitrogens with zero attached hydrogens (tertiary/aromatic N) is 5. The van der Waals surface area contributed by atoms with Gasteiger partial charge >= 0.3 is 5.97 Å². The highest BCUT2D eigenvalue weighted by molar-refractivity contribution is 5.86. The summed E-state index contributed by atoms with van der Waals surface area (Å²) in [4.78, 5) is 14.8. The van der Waals surface area contributed by atoms with Gasteiger partial charge in [0.05, 0.1) is 12.3 Å². The summed E-state index contributed by atoms with van der Waals surface area (Å²) in [7, 11) is 1.53. The number of aromatic carboxylic acids is 1. The number of rotatable bonds is 6. The molecular formula is C9H11N5O4. The van der Waals surface area contributed by atoms with Crippen LogP contribution in [-0.4, -0.2) is 49.9 Å². The Labute approximate surface area is 101 Å². The number of methoxy groups -OCH3 is 1. The number of carboxylic acids is 1. The van der Waals surface area contributed by atoms with E-state index in [9.17, 15) is 4.79 Å².